The molecule has 62 valence electrons. The molecular formula is C8H6BrClN2. The number of rotatable bonds is 0. The number of nitrogens with zero attached hydrogens (tertiary/aromatic N) is 2. The Morgan fingerprint density at radius 2 is 2.25 bits per heavy atom. The molecule has 0 unspecified atom stereocenters. The Morgan fingerprint density at radius 3 is 3.00 bits per heavy atom. The van der Waals surface area contributed by atoms with E-state index in [4.69, 9.17) is 11.6 Å². The molecule has 0 N–H and O–H groups in total. The monoisotopic (exact) mass is 244 g/mol. The molecule has 1 heterocycles. The van der Waals surface area contributed by atoms with Crippen LogP contribution < -0.4 is 0 Å². The molecule has 4 heteroatoms. The molecule has 0 aliphatic heterocycles. The van der Waals surface area contributed by atoms with Crippen molar-refractivity contribution < 1.29 is 0 Å². The highest BCUT2D eigenvalue weighted by atomic mass is 79.9. The third kappa shape index (κ3) is 1.04. The lowest BCUT2D eigenvalue weighted by molar-refractivity contribution is 0.797. The Morgan fingerprint density at radius 1 is 1.50 bits per heavy atom. The minimum atomic E-state index is 0.718. The van der Waals surface area contributed by atoms with Crippen molar-refractivity contribution in [2.45, 2.75) is 0 Å². The predicted molar refractivity (Wildman–Crippen MR) is 53.4 cm³/mol. The number of hydrogen-bond acceptors (Lipinski definition) is 1. The fourth-order valence-corrected chi connectivity index (χ4v) is 1.77. The van der Waals surface area contributed by atoms with E-state index in [2.05, 4.69) is 21.0 Å². The van der Waals surface area contributed by atoms with Gasteiger partial charge in [-0.15, -0.1) is 0 Å². The summed E-state index contributed by atoms with van der Waals surface area (Å²) in [6.07, 6.45) is 1.80. The van der Waals surface area contributed by atoms with Crippen molar-refractivity contribution in [1.82, 2.24) is 9.78 Å². The van der Waals surface area contributed by atoms with Crippen LogP contribution in [0.1, 0.15) is 0 Å². The molecule has 0 aliphatic rings. The van der Waals surface area contributed by atoms with Gasteiger partial charge in [-0.3, -0.25) is 4.68 Å². The van der Waals surface area contributed by atoms with Crippen molar-refractivity contribution in [1.29, 1.82) is 0 Å². The zero-order valence-electron chi connectivity index (χ0n) is 6.38. The van der Waals surface area contributed by atoms with E-state index in [-0.39, 0.29) is 0 Å². The van der Waals surface area contributed by atoms with Gasteiger partial charge in [-0.1, -0.05) is 11.6 Å². The molecule has 0 spiro atoms. The van der Waals surface area contributed by atoms with Crippen molar-refractivity contribution in [3.8, 4) is 0 Å². The molecule has 2 rings (SSSR count). The minimum Gasteiger partial charge on any atom is -0.268 e. The van der Waals surface area contributed by atoms with Crippen molar-refractivity contribution in [3.63, 3.8) is 0 Å². The first-order chi connectivity index (χ1) is 5.70. The van der Waals surface area contributed by atoms with E-state index in [0.717, 1.165) is 20.4 Å². The Balaban J connectivity index is 2.93. The Hall–Kier alpha value is -0.540. The van der Waals surface area contributed by atoms with Crippen LogP contribution in [0.4, 0.5) is 0 Å². The maximum atomic E-state index is 5.91. The molecule has 0 aliphatic carbocycles. The summed E-state index contributed by atoms with van der Waals surface area (Å²) in [4.78, 5) is 0. The van der Waals surface area contributed by atoms with E-state index in [1.165, 1.54) is 0 Å². The summed E-state index contributed by atoms with van der Waals surface area (Å²) >= 11 is 9.32. The largest absolute Gasteiger partial charge is 0.268 e. The van der Waals surface area contributed by atoms with Gasteiger partial charge in [0.1, 0.15) is 0 Å². The van der Waals surface area contributed by atoms with Gasteiger partial charge in [0, 0.05) is 16.9 Å². The van der Waals surface area contributed by atoms with Gasteiger partial charge in [-0.05, 0) is 28.1 Å². The summed E-state index contributed by atoms with van der Waals surface area (Å²) in [5.41, 5.74) is 1.08. The van der Waals surface area contributed by atoms with Crippen molar-refractivity contribution in [2.24, 2.45) is 7.05 Å². The molecule has 2 nitrogen and oxygen atoms in total. The second-order valence-electron chi connectivity index (χ2n) is 2.56. The summed E-state index contributed by atoms with van der Waals surface area (Å²) in [6.45, 7) is 0. The van der Waals surface area contributed by atoms with Crippen LogP contribution in [-0.2, 0) is 7.05 Å². The Labute approximate surface area is 83.3 Å². The lowest BCUT2D eigenvalue weighted by Crippen LogP contribution is -1.87. The highest BCUT2D eigenvalue weighted by Gasteiger charge is 2.05. The van der Waals surface area contributed by atoms with Crippen LogP contribution in [0.15, 0.2) is 22.8 Å². The second kappa shape index (κ2) is 2.75. The molecule has 2 aromatic rings. The fraction of sp³-hybridized carbons (Fsp3) is 0.125. The van der Waals surface area contributed by atoms with Gasteiger partial charge in [-0.2, -0.15) is 5.10 Å². The Kier molecular flexibility index (Phi) is 1.85. The highest BCUT2D eigenvalue weighted by molar-refractivity contribution is 9.10. The number of aromatic nitrogens is 2. The van der Waals surface area contributed by atoms with E-state index >= 15 is 0 Å². The molecule has 0 saturated carbocycles. The molecule has 0 radical (unpaired) electrons. The summed E-state index contributed by atoms with van der Waals surface area (Å²) in [5, 5.41) is 5.89. The van der Waals surface area contributed by atoms with Gasteiger partial charge in [0.25, 0.3) is 0 Å². The summed E-state index contributed by atoms with van der Waals surface area (Å²) in [7, 11) is 1.91. The van der Waals surface area contributed by atoms with Crippen molar-refractivity contribution >= 4 is 38.4 Å². The van der Waals surface area contributed by atoms with E-state index in [0.29, 0.717) is 0 Å². The van der Waals surface area contributed by atoms with E-state index in [9.17, 15) is 0 Å². The van der Waals surface area contributed by atoms with Crippen LogP contribution in [0.3, 0.4) is 0 Å². The van der Waals surface area contributed by atoms with Gasteiger partial charge < -0.3 is 0 Å². The van der Waals surface area contributed by atoms with Crippen molar-refractivity contribution in [2.75, 3.05) is 0 Å². The highest BCUT2D eigenvalue weighted by Crippen LogP contribution is 2.30. The zero-order valence-corrected chi connectivity index (χ0v) is 8.72. The SMILES string of the molecule is Cn1ncc2c(Br)c(Cl)ccc21. The predicted octanol–water partition coefficient (Wildman–Crippen LogP) is 2.99. The standard InChI is InChI=1S/C8H6BrClN2/c1-12-7-3-2-6(10)8(9)5(7)4-11-12/h2-4H,1H3. The molecule has 0 amide bonds. The molecule has 0 atom stereocenters. The summed E-state index contributed by atoms with van der Waals surface area (Å²) in [6, 6.07) is 3.81. The lowest BCUT2D eigenvalue weighted by atomic mass is 10.2. The topological polar surface area (TPSA) is 17.8 Å². The van der Waals surface area contributed by atoms with Gasteiger partial charge in [0.15, 0.2) is 0 Å². The molecule has 12 heavy (non-hydrogen) atoms. The maximum absolute atomic E-state index is 5.91. The van der Waals surface area contributed by atoms with Crippen LogP contribution >= 0.6 is 27.5 Å². The first-order valence-corrected chi connectivity index (χ1v) is 4.63. The average molecular weight is 246 g/mol. The number of fused-ring (bicyclic) bond motifs is 1. The number of benzene rings is 1. The van der Waals surface area contributed by atoms with E-state index in [1.807, 2.05) is 23.9 Å². The quantitative estimate of drug-likeness (QED) is 0.698. The van der Waals surface area contributed by atoms with Crippen LogP contribution in [0, 0.1) is 0 Å². The van der Waals surface area contributed by atoms with Gasteiger partial charge in [-0.25, -0.2) is 0 Å². The average Bonchev–Trinajstić information content (AvgIpc) is 2.41. The number of hydrogen-bond donors (Lipinski definition) is 0. The van der Waals surface area contributed by atoms with Crippen LogP contribution in [0.5, 0.6) is 0 Å². The third-order valence-corrected chi connectivity index (χ3v) is 3.22. The normalized spacial score (nSPS) is 10.9. The molecule has 0 fully saturated rings. The first kappa shape index (κ1) is 8.08. The van der Waals surface area contributed by atoms with Crippen LogP contribution in [0.25, 0.3) is 10.9 Å². The minimum absolute atomic E-state index is 0.718. The molecule has 0 bridgehead atoms. The summed E-state index contributed by atoms with van der Waals surface area (Å²) < 4.78 is 2.73. The number of halogens is 2. The van der Waals surface area contributed by atoms with Gasteiger partial charge in [0.2, 0.25) is 0 Å². The smallest absolute Gasteiger partial charge is 0.0691 e. The molecule has 1 aromatic carbocycles. The number of aryl methyl sites for hydroxylation is 1. The van der Waals surface area contributed by atoms with Crippen molar-refractivity contribution in [3.05, 3.63) is 27.8 Å². The third-order valence-electron chi connectivity index (χ3n) is 1.82. The maximum Gasteiger partial charge on any atom is 0.0691 e. The first-order valence-electron chi connectivity index (χ1n) is 3.46. The van der Waals surface area contributed by atoms with Gasteiger partial charge >= 0.3 is 0 Å². The Bertz CT molecular complexity index is 436. The molecule has 0 saturated heterocycles. The second-order valence-corrected chi connectivity index (χ2v) is 3.76. The van der Waals surface area contributed by atoms with Gasteiger partial charge in [0.05, 0.1) is 16.7 Å². The van der Waals surface area contributed by atoms with Crippen LogP contribution in [-0.4, -0.2) is 9.78 Å². The van der Waals surface area contributed by atoms with E-state index < -0.39 is 0 Å². The fourth-order valence-electron chi connectivity index (χ4n) is 1.17. The van der Waals surface area contributed by atoms with E-state index in [1.54, 1.807) is 6.20 Å². The molecular weight excluding hydrogens is 239 g/mol. The zero-order chi connectivity index (χ0) is 8.72. The molecule has 1 aromatic heterocycles. The summed E-state index contributed by atoms with van der Waals surface area (Å²) in [5.74, 6) is 0. The van der Waals surface area contributed by atoms with Crippen LogP contribution in [0.2, 0.25) is 5.02 Å². The lowest BCUT2D eigenvalue weighted by Gasteiger charge is -1.97.